The third-order valence-electron chi connectivity index (χ3n) is 2.55. The van der Waals surface area contributed by atoms with Crippen molar-refractivity contribution >= 4 is 15.9 Å². The summed E-state index contributed by atoms with van der Waals surface area (Å²) in [5.41, 5.74) is 0.430. The van der Waals surface area contributed by atoms with E-state index in [0.717, 1.165) is 6.07 Å². The topological polar surface area (TPSA) is 29.5 Å². The normalized spacial score (nSPS) is 12.3. The van der Waals surface area contributed by atoms with Crippen molar-refractivity contribution in [2.45, 2.75) is 13.0 Å². The van der Waals surface area contributed by atoms with E-state index in [-0.39, 0.29) is 11.5 Å². The Hall–Kier alpha value is -1.46. The van der Waals surface area contributed by atoms with Crippen LogP contribution in [-0.2, 0) is 0 Å². The van der Waals surface area contributed by atoms with Gasteiger partial charge in [-0.25, -0.2) is 8.78 Å². The zero-order chi connectivity index (χ0) is 14.0. The predicted molar refractivity (Wildman–Crippen MR) is 71.2 cm³/mol. The summed E-state index contributed by atoms with van der Waals surface area (Å²) >= 11 is 3.19. The summed E-state index contributed by atoms with van der Waals surface area (Å²) < 4.78 is 33.1. The van der Waals surface area contributed by atoms with Crippen molar-refractivity contribution in [3.63, 3.8) is 0 Å². The first-order chi connectivity index (χ1) is 8.97. The van der Waals surface area contributed by atoms with Crippen LogP contribution in [0.5, 0.6) is 11.5 Å². The molecule has 0 spiro atoms. The number of rotatable bonds is 3. The van der Waals surface area contributed by atoms with Gasteiger partial charge in [-0.1, -0.05) is 22.0 Å². The molecule has 2 aromatic rings. The lowest BCUT2D eigenvalue weighted by Crippen LogP contribution is -1.95. The van der Waals surface area contributed by atoms with E-state index < -0.39 is 17.7 Å². The Labute approximate surface area is 117 Å². The third-order valence-corrected chi connectivity index (χ3v) is 3.04. The van der Waals surface area contributed by atoms with Crippen molar-refractivity contribution in [2.75, 3.05) is 0 Å². The average molecular weight is 329 g/mol. The molecule has 0 bridgehead atoms. The monoisotopic (exact) mass is 328 g/mol. The lowest BCUT2D eigenvalue weighted by molar-refractivity contribution is 0.198. The Morgan fingerprint density at radius 1 is 1.05 bits per heavy atom. The lowest BCUT2D eigenvalue weighted by Gasteiger charge is -2.10. The summed E-state index contributed by atoms with van der Waals surface area (Å²) in [4.78, 5) is 0. The van der Waals surface area contributed by atoms with Crippen LogP contribution in [0.4, 0.5) is 8.78 Å². The van der Waals surface area contributed by atoms with E-state index in [1.165, 1.54) is 37.3 Å². The summed E-state index contributed by atoms with van der Waals surface area (Å²) in [5, 5.41) is 9.34. The van der Waals surface area contributed by atoms with E-state index in [2.05, 4.69) is 15.9 Å². The smallest absolute Gasteiger partial charge is 0.166 e. The number of aliphatic hydroxyl groups excluding tert-OH is 1. The molecule has 0 aliphatic rings. The Balaban J connectivity index is 2.31. The molecule has 0 saturated carbocycles. The molecule has 0 amide bonds. The largest absolute Gasteiger partial charge is 0.451 e. The minimum atomic E-state index is -0.772. The molecule has 0 aromatic heterocycles. The zero-order valence-corrected chi connectivity index (χ0v) is 11.6. The molecule has 2 nitrogen and oxygen atoms in total. The minimum Gasteiger partial charge on any atom is -0.451 e. The molecule has 0 heterocycles. The molecule has 0 aliphatic heterocycles. The predicted octanol–water partition coefficient (Wildman–Crippen LogP) is 4.57. The summed E-state index contributed by atoms with van der Waals surface area (Å²) in [6.45, 7) is 1.53. The van der Waals surface area contributed by atoms with Gasteiger partial charge in [0.05, 0.1) is 6.10 Å². The fraction of sp³-hybridized carbons (Fsp3) is 0.143. The van der Waals surface area contributed by atoms with Crippen LogP contribution in [0, 0.1) is 11.6 Å². The van der Waals surface area contributed by atoms with Gasteiger partial charge in [-0.15, -0.1) is 0 Å². The number of ether oxygens (including phenoxy) is 1. The molecule has 5 heteroatoms. The van der Waals surface area contributed by atoms with Crippen LogP contribution >= 0.6 is 15.9 Å². The molecule has 0 saturated heterocycles. The van der Waals surface area contributed by atoms with Crippen molar-refractivity contribution in [3.8, 4) is 11.5 Å². The second-order valence-electron chi connectivity index (χ2n) is 4.04. The second kappa shape index (κ2) is 5.67. The van der Waals surface area contributed by atoms with Crippen LogP contribution in [0.15, 0.2) is 40.9 Å². The van der Waals surface area contributed by atoms with Crippen molar-refractivity contribution in [3.05, 3.63) is 58.1 Å². The first-order valence-electron chi connectivity index (χ1n) is 5.58. The quantitative estimate of drug-likeness (QED) is 0.894. The molecule has 0 fully saturated rings. The van der Waals surface area contributed by atoms with Crippen molar-refractivity contribution in [2.24, 2.45) is 0 Å². The maximum Gasteiger partial charge on any atom is 0.166 e. The summed E-state index contributed by atoms with van der Waals surface area (Å²) in [7, 11) is 0. The molecule has 2 aromatic carbocycles. The lowest BCUT2D eigenvalue weighted by atomic mass is 10.1. The molecule has 1 N–H and O–H groups in total. The van der Waals surface area contributed by atoms with Crippen LogP contribution in [0.25, 0.3) is 0 Å². The van der Waals surface area contributed by atoms with Gasteiger partial charge in [0.25, 0.3) is 0 Å². The summed E-state index contributed by atoms with van der Waals surface area (Å²) in [6, 6.07) is 8.21. The number of hydrogen-bond acceptors (Lipinski definition) is 2. The average Bonchev–Trinajstić information content (AvgIpc) is 2.36. The van der Waals surface area contributed by atoms with Crippen LogP contribution in [0.3, 0.4) is 0 Å². The van der Waals surface area contributed by atoms with Gasteiger partial charge in [0.1, 0.15) is 0 Å². The van der Waals surface area contributed by atoms with E-state index in [1.807, 2.05) is 0 Å². The highest BCUT2D eigenvalue weighted by Gasteiger charge is 2.11. The van der Waals surface area contributed by atoms with Crippen molar-refractivity contribution < 1.29 is 18.6 Å². The maximum atomic E-state index is 13.8. The van der Waals surface area contributed by atoms with E-state index in [4.69, 9.17) is 4.74 Å². The Kier molecular flexibility index (Phi) is 4.17. The summed E-state index contributed by atoms with van der Waals surface area (Å²) in [5.74, 6) is -1.40. The number of benzene rings is 2. The maximum absolute atomic E-state index is 13.8. The van der Waals surface area contributed by atoms with E-state index >= 15 is 0 Å². The number of aliphatic hydroxyl groups is 1. The Morgan fingerprint density at radius 3 is 2.42 bits per heavy atom. The Bertz CT molecular complexity index is 600. The van der Waals surface area contributed by atoms with Gasteiger partial charge < -0.3 is 9.84 Å². The second-order valence-corrected chi connectivity index (χ2v) is 4.96. The van der Waals surface area contributed by atoms with E-state index in [9.17, 15) is 13.9 Å². The molecular formula is C14H11BrF2O2. The van der Waals surface area contributed by atoms with Gasteiger partial charge in [0.15, 0.2) is 23.1 Å². The van der Waals surface area contributed by atoms with Gasteiger partial charge in [0, 0.05) is 4.47 Å². The molecular weight excluding hydrogens is 318 g/mol. The highest BCUT2D eigenvalue weighted by atomic mass is 79.9. The number of hydrogen-bond donors (Lipinski definition) is 1. The van der Waals surface area contributed by atoms with Gasteiger partial charge in [0.2, 0.25) is 0 Å². The van der Waals surface area contributed by atoms with Crippen LogP contribution < -0.4 is 4.74 Å². The fourth-order valence-electron chi connectivity index (χ4n) is 1.53. The van der Waals surface area contributed by atoms with E-state index in [0.29, 0.717) is 10.0 Å². The molecule has 0 radical (unpaired) electrons. The molecule has 1 atom stereocenters. The molecule has 19 heavy (non-hydrogen) atoms. The minimum absolute atomic E-state index is 0.0712. The van der Waals surface area contributed by atoms with Crippen LogP contribution in [0.1, 0.15) is 18.6 Å². The highest BCUT2D eigenvalue weighted by Crippen LogP contribution is 2.30. The van der Waals surface area contributed by atoms with Gasteiger partial charge in [-0.05, 0) is 42.8 Å². The molecule has 0 aliphatic carbocycles. The molecule has 100 valence electrons. The first kappa shape index (κ1) is 14.0. The number of halogens is 3. The SMILES string of the molecule is CC(O)c1ccc(Oc2cc(Br)ccc2F)c(F)c1. The standard InChI is InChI=1S/C14H11BrF2O2/c1-8(18)9-2-5-13(12(17)6-9)19-14-7-10(15)3-4-11(14)16/h2-8,18H,1H3. The van der Waals surface area contributed by atoms with Gasteiger partial charge in [-0.2, -0.15) is 0 Å². The highest BCUT2D eigenvalue weighted by molar-refractivity contribution is 9.10. The van der Waals surface area contributed by atoms with Crippen molar-refractivity contribution in [1.82, 2.24) is 0 Å². The third kappa shape index (κ3) is 3.30. The fourth-order valence-corrected chi connectivity index (χ4v) is 1.87. The molecule has 2 rings (SSSR count). The van der Waals surface area contributed by atoms with Gasteiger partial charge >= 0.3 is 0 Å². The van der Waals surface area contributed by atoms with Crippen LogP contribution in [-0.4, -0.2) is 5.11 Å². The van der Waals surface area contributed by atoms with Crippen molar-refractivity contribution in [1.29, 1.82) is 0 Å². The van der Waals surface area contributed by atoms with Gasteiger partial charge in [-0.3, -0.25) is 0 Å². The Morgan fingerprint density at radius 2 is 1.79 bits per heavy atom. The summed E-state index contributed by atoms with van der Waals surface area (Å²) in [6.07, 6.45) is -0.772. The molecule has 1 unspecified atom stereocenters. The van der Waals surface area contributed by atoms with Crippen LogP contribution in [0.2, 0.25) is 0 Å². The zero-order valence-electron chi connectivity index (χ0n) is 10.0. The van der Waals surface area contributed by atoms with E-state index in [1.54, 1.807) is 0 Å². The first-order valence-corrected chi connectivity index (χ1v) is 6.37.